The molecule has 21 heavy (non-hydrogen) atoms. The second kappa shape index (κ2) is 7.46. The van der Waals surface area contributed by atoms with Gasteiger partial charge in [-0.05, 0) is 31.9 Å². The van der Waals surface area contributed by atoms with Crippen LogP contribution in [0.4, 0.5) is 5.69 Å². The summed E-state index contributed by atoms with van der Waals surface area (Å²) in [5, 5.41) is 16.6. The van der Waals surface area contributed by atoms with Gasteiger partial charge in [0.15, 0.2) is 0 Å². The molecule has 1 unspecified atom stereocenters. The van der Waals surface area contributed by atoms with Gasteiger partial charge in [0.25, 0.3) is 0 Å². The van der Waals surface area contributed by atoms with Gasteiger partial charge in [0, 0.05) is 18.3 Å². The zero-order valence-electron chi connectivity index (χ0n) is 12.8. The molecule has 0 aromatic heterocycles. The van der Waals surface area contributed by atoms with E-state index >= 15 is 0 Å². The van der Waals surface area contributed by atoms with E-state index in [2.05, 4.69) is 10.6 Å². The molecule has 1 aromatic rings. The van der Waals surface area contributed by atoms with Crippen LogP contribution in [0.3, 0.4) is 0 Å². The largest absolute Gasteiger partial charge is 0.389 e. The summed E-state index contributed by atoms with van der Waals surface area (Å²) in [6.07, 6.45) is 4.93. The Morgan fingerprint density at radius 1 is 1.24 bits per heavy atom. The minimum Gasteiger partial charge on any atom is -0.389 e. The van der Waals surface area contributed by atoms with E-state index in [0.29, 0.717) is 6.54 Å². The predicted octanol–water partition coefficient (Wildman–Crippen LogP) is 2.69. The molecule has 0 saturated heterocycles. The number of amides is 1. The van der Waals surface area contributed by atoms with Crippen LogP contribution in [0.15, 0.2) is 30.3 Å². The molecule has 1 saturated carbocycles. The predicted molar refractivity (Wildman–Crippen MR) is 85.2 cm³/mol. The van der Waals surface area contributed by atoms with Crippen molar-refractivity contribution < 1.29 is 9.90 Å². The number of hydrogen-bond donors (Lipinski definition) is 3. The zero-order chi connectivity index (χ0) is 15.1. The highest BCUT2D eigenvalue weighted by atomic mass is 16.3. The van der Waals surface area contributed by atoms with Gasteiger partial charge >= 0.3 is 0 Å². The molecular formula is C17H26N2O2. The van der Waals surface area contributed by atoms with Crippen molar-refractivity contribution in [2.24, 2.45) is 0 Å². The van der Waals surface area contributed by atoms with Gasteiger partial charge in [-0.15, -0.1) is 0 Å². The average Bonchev–Trinajstić information content (AvgIpc) is 2.46. The van der Waals surface area contributed by atoms with Gasteiger partial charge in [0.05, 0.1) is 12.0 Å². The summed E-state index contributed by atoms with van der Waals surface area (Å²) in [6, 6.07) is 9.96. The van der Waals surface area contributed by atoms with Crippen LogP contribution in [0.1, 0.15) is 45.4 Å². The Labute approximate surface area is 126 Å². The number of carbonyl (C=O) groups is 1. The molecule has 2 rings (SSSR count). The molecule has 3 N–H and O–H groups in total. The number of carbonyl (C=O) groups excluding carboxylic acids is 1. The lowest BCUT2D eigenvalue weighted by atomic mass is 9.82. The van der Waals surface area contributed by atoms with Gasteiger partial charge in [0.1, 0.15) is 0 Å². The van der Waals surface area contributed by atoms with Crippen molar-refractivity contribution in [2.45, 2.75) is 57.1 Å². The number of aliphatic hydroxyl groups is 1. The first-order valence-corrected chi connectivity index (χ1v) is 7.88. The number of anilines is 1. The smallest absolute Gasteiger partial charge is 0.223 e. The molecule has 4 nitrogen and oxygen atoms in total. The monoisotopic (exact) mass is 290 g/mol. The second-order valence-electron chi connectivity index (χ2n) is 6.18. The highest BCUT2D eigenvalue weighted by Gasteiger charge is 2.31. The number of nitrogens with one attached hydrogen (secondary N) is 2. The van der Waals surface area contributed by atoms with Crippen LogP contribution in [-0.4, -0.2) is 29.2 Å². The number of para-hydroxylation sites is 1. The first-order chi connectivity index (χ1) is 10.1. The fourth-order valence-electron chi connectivity index (χ4n) is 2.89. The quantitative estimate of drug-likeness (QED) is 0.755. The van der Waals surface area contributed by atoms with Crippen molar-refractivity contribution in [1.82, 2.24) is 5.32 Å². The Kier molecular flexibility index (Phi) is 5.62. The summed E-state index contributed by atoms with van der Waals surface area (Å²) in [5.74, 6) is -0.0539. The van der Waals surface area contributed by atoms with Gasteiger partial charge in [0.2, 0.25) is 5.91 Å². The summed E-state index contributed by atoms with van der Waals surface area (Å²) in [4.78, 5) is 12.0. The molecule has 0 bridgehead atoms. The van der Waals surface area contributed by atoms with E-state index < -0.39 is 5.60 Å². The number of rotatable bonds is 6. The standard InChI is InChI=1S/C17H26N2O2/c1-14(13-18-15-8-4-2-5-9-15)19-16(20)12-17(21)10-6-3-7-11-17/h2,4-5,8-9,14,18,21H,3,6-7,10-13H2,1H3,(H,19,20). The number of benzene rings is 1. The Bertz CT molecular complexity index is 441. The van der Waals surface area contributed by atoms with Gasteiger partial charge < -0.3 is 15.7 Å². The van der Waals surface area contributed by atoms with Gasteiger partial charge in [-0.1, -0.05) is 37.5 Å². The maximum Gasteiger partial charge on any atom is 0.223 e. The molecule has 116 valence electrons. The summed E-state index contributed by atoms with van der Waals surface area (Å²) in [6.45, 7) is 2.65. The Balaban J connectivity index is 1.71. The van der Waals surface area contributed by atoms with E-state index in [1.165, 1.54) is 6.42 Å². The molecule has 1 aliphatic rings. The molecular weight excluding hydrogens is 264 g/mol. The SMILES string of the molecule is CC(CNc1ccccc1)NC(=O)CC1(O)CCCCC1. The summed E-state index contributed by atoms with van der Waals surface area (Å²) >= 11 is 0. The Morgan fingerprint density at radius 3 is 2.57 bits per heavy atom. The fraction of sp³-hybridized carbons (Fsp3) is 0.588. The molecule has 1 amide bonds. The molecule has 1 fully saturated rings. The van der Waals surface area contributed by atoms with Crippen molar-refractivity contribution in [1.29, 1.82) is 0 Å². The molecule has 0 aliphatic heterocycles. The zero-order valence-corrected chi connectivity index (χ0v) is 12.8. The van der Waals surface area contributed by atoms with Crippen LogP contribution in [0.2, 0.25) is 0 Å². The first kappa shape index (κ1) is 15.8. The summed E-state index contributed by atoms with van der Waals surface area (Å²) < 4.78 is 0. The third-order valence-corrected chi connectivity index (χ3v) is 4.07. The van der Waals surface area contributed by atoms with E-state index in [0.717, 1.165) is 31.4 Å². The topological polar surface area (TPSA) is 61.4 Å². The number of hydrogen-bond acceptors (Lipinski definition) is 3. The lowest BCUT2D eigenvalue weighted by Crippen LogP contribution is -2.43. The van der Waals surface area contributed by atoms with Crippen molar-refractivity contribution in [3.05, 3.63) is 30.3 Å². The molecule has 1 atom stereocenters. The van der Waals surface area contributed by atoms with Crippen LogP contribution in [0.5, 0.6) is 0 Å². The summed E-state index contributed by atoms with van der Waals surface area (Å²) in [7, 11) is 0. The lowest BCUT2D eigenvalue weighted by Gasteiger charge is -2.31. The highest BCUT2D eigenvalue weighted by molar-refractivity contribution is 5.77. The van der Waals surface area contributed by atoms with Gasteiger partial charge in [-0.3, -0.25) is 4.79 Å². The van der Waals surface area contributed by atoms with Gasteiger partial charge in [-0.25, -0.2) is 0 Å². The average molecular weight is 290 g/mol. The third-order valence-electron chi connectivity index (χ3n) is 4.07. The van der Waals surface area contributed by atoms with Crippen LogP contribution in [-0.2, 0) is 4.79 Å². The van der Waals surface area contributed by atoms with Crippen molar-refractivity contribution in [2.75, 3.05) is 11.9 Å². The third kappa shape index (κ3) is 5.38. The van der Waals surface area contributed by atoms with E-state index in [9.17, 15) is 9.90 Å². The Hall–Kier alpha value is -1.55. The molecule has 0 heterocycles. The van der Waals surface area contributed by atoms with Crippen LogP contribution in [0.25, 0.3) is 0 Å². The van der Waals surface area contributed by atoms with Crippen LogP contribution in [0, 0.1) is 0 Å². The molecule has 4 heteroatoms. The van der Waals surface area contributed by atoms with Crippen molar-refractivity contribution >= 4 is 11.6 Å². The maximum absolute atomic E-state index is 12.0. The second-order valence-corrected chi connectivity index (χ2v) is 6.18. The van der Waals surface area contributed by atoms with Crippen LogP contribution >= 0.6 is 0 Å². The highest BCUT2D eigenvalue weighted by Crippen LogP contribution is 2.30. The van der Waals surface area contributed by atoms with Crippen LogP contribution < -0.4 is 10.6 Å². The minimum absolute atomic E-state index is 0.0323. The van der Waals surface area contributed by atoms with Crippen molar-refractivity contribution in [3.63, 3.8) is 0 Å². The lowest BCUT2D eigenvalue weighted by molar-refractivity contribution is -0.127. The van der Waals surface area contributed by atoms with Gasteiger partial charge in [-0.2, -0.15) is 0 Å². The molecule has 1 aliphatic carbocycles. The molecule has 0 spiro atoms. The van der Waals surface area contributed by atoms with E-state index in [1.54, 1.807) is 0 Å². The first-order valence-electron chi connectivity index (χ1n) is 7.88. The minimum atomic E-state index is -0.783. The Morgan fingerprint density at radius 2 is 1.90 bits per heavy atom. The van der Waals surface area contributed by atoms with E-state index in [1.807, 2.05) is 37.3 Å². The van der Waals surface area contributed by atoms with E-state index in [4.69, 9.17) is 0 Å². The fourth-order valence-corrected chi connectivity index (χ4v) is 2.89. The molecule has 1 aromatic carbocycles. The van der Waals surface area contributed by atoms with Crippen molar-refractivity contribution in [3.8, 4) is 0 Å². The normalized spacial score (nSPS) is 18.8. The van der Waals surface area contributed by atoms with E-state index in [-0.39, 0.29) is 18.4 Å². The summed E-state index contributed by atoms with van der Waals surface area (Å²) in [5.41, 5.74) is 0.263. The maximum atomic E-state index is 12.0. The molecule has 0 radical (unpaired) electrons.